The summed E-state index contributed by atoms with van der Waals surface area (Å²) in [4.78, 5) is 18.0. The van der Waals surface area contributed by atoms with Gasteiger partial charge in [-0.25, -0.2) is 8.42 Å². The molecule has 1 aromatic carbocycles. The molecule has 3 heterocycles. The second-order valence-corrected chi connectivity index (χ2v) is 8.59. The number of hydrogen-bond donors (Lipinski definition) is 1. The topological polar surface area (TPSA) is 91.3 Å². The van der Waals surface area contributed by atoms with Crippen molar-refractivity contribution in [3.63, 3.8) is 0 Å². The van der Waals surface area contributed by atoms with E-state index in [1.54, 1.807) is 18.1 Å². The molecule has 1 aliphatic rings. The van der Waals surface area contributed by atoms with Crippen LogP contribution in [0.5, 0.6) is 0 Å². The minimum absolute atomic E-state index is 0.0759. The Morgan fingerprint density at radius 3 is 2.74 bits per heavy atom. The quantitative estimate of drug-likeness (QED) is 0.736. The van der Waals surface area contributed by atoms with Crippen LogP contribution in [-0.2, 0) is 17.1 Å². The predicted molar refractivity (Wildman–Crippen MR) is 101 cm³/mol. The summed E-state index contributed by atoms with van der Waals surface area (Å²) in [6.45, 7) is 1.54. The summed E-state index contributed by atoms with van der Waals surface area (Å²) in [5.74, 6) is -0.0759. The van der Waals surface area contributed by atoms with Gasteiger partial charge in [0.15, 0.2) is 0 Å². The molecule has 1 N–H and O–H groups in total. The number of benzene rings is 1. The van der Waals surface area contributed by atoms with E-state index in [-0.39, 0.29) is 17.3 Å². The number of aromatic amines is 1. The van der Waals surface area contributed by atoms with E-state index in [4.69, 9.17) is 0 Å². The molecule has 1 aliphatic heterocycles. The van der Waals surface area contributed by atoms with Gasteiger partial charge in [-0.3, -0.25) is 9.48 Å². The molecule has 0 saturated carbocycles. The molecule has 142 valence electrons. The van der Waals surface area contributed by atoms with E-state index >= 15 is 0 Å². The zero-order chi connectivity index (χ0) is 19.0. The summed E-state index contributed by atoms with van der Waals surface area (Å²) in [7, 11) is -1.91. The largest absolute Gasteiger partial charge is 0.360 e. The van der Waals surface area contributed by atoms with E-state index in [2.05, 4.69) is 10.1 Å². The van der Waals surface area contributed by atoms with Crippen molar-refractivity contribution in [2.45, 2.75) is 11.3 Å². The van der Waals surface area contributed by atoms with Crippen LogP contribution in [0.4, 0.5) is 0 Å². The monoisotopic (exact) mass is 387 g/mol. The number of aryl methyl sites for hydroxylation is 1. The van der Waals surface area contributed by atoms with Gasteiger partial charge < -0.3 is 9.88 Å². The number of sulfonamides is 1. The molecule has 0 spiro atoms. The lowest BCUT2D eigenvalue weighted by Gasteiger charge is -2.21. The second-order valence-electron chi connectivity index (χ2n) is 6.65. The number of H-pyrrole nitrogens is 1. The first-order valence-electron chi connectivity index (χ1n) is 8.81. The van der Waals surface area contributed by atoms with Crippen molar-refractivity contribution in [2.24, 2.45) is 7.05 Å². The van der Waals surface area contributed by atoms with Crippen LogP contribution in [-0.4, -0.2) is 64.5 Å². The number of fused-ring (bicyclic) bond motifs is 1. The van der Waals surface area contributed by atoms with Crippen LogP contribution in [0.15, 0.2) is 47.8 Å². The highest BCUT2D eigenvalue weighted by molar-refractivity contribution is 7.89. The maximum Gasteiger partial charge on any atom is 0.256 e. The van der Waals surface area contributed by atoms with Gasteiger partial charge in [-0.1, -0.05) is 18.2 Å². The first-order chi connectivity index (χ1) is 13.0. The molecule has 0 radical (unpaired) electrons. The van der Waals surface area contributed by atoms with Crippen LogP contribution < -0.4 is 0 Å². The van der Waals surface area contributed by atoms with E-state index in [1.807, 2.05) is 24.3 Å². The molecule has 3 aromatic rings. The molecule has 0 atom stereocenters. The minimum atomic E-state index is -3.60. The van der Waals surface area contributed by atoms with Crippen molar-refractivity contribution >= 4 is 26.8 Å². The smallest absolute Gasteiger partial charge is 0.256 e. The Balaban J connectivity index is 1.52. The maximum atomic E-state index is 13.0. The molecular formula is C18H21N5O3S. The van der Waals surface area contributed by atoms with Crippen LogP contribution in [0.3, 0.4) is 0 Å². The van der Waals surface area contributed by atoms with Crippen molar-refractivity contribution in [3.05, 3.63) is 48.4 Å². The maximum absolute atomic E-state index is 13.0. The van der Waals surface area contributed by atoms with Crippen molar-refractivity contribution in [1.82, 2.24) is 24.0 Å². The number of nitrogens with one attached hydrogen (secondary N) is 1. The lowest BCUT2D eigenvalue weighted by Crippen LogP contribution is -2.37. The average molecular weight is 387 g/mol. The van der Waals surface area contributed by atoms with Crippen LogP contribution in [0.2, 0.25) is 0 Å². The predicted octanol–water partition coefficient (Wildman–Crippen LogP) is 1.44. The van der Waals surface area contributed by atoms with Gasteiger partial charge in [0, 0.05) is 56.5 Å². The Labute approximate surface area is 157 Å². The summed E-state index contributed by atoms with van der Waals surface area (Å²) in [6.07, 6.45) is 5.17. The number of para-hydroxylation sites is 1. The number of amides is 1. The molecule has 0 unspecified atom stereocenters. The normalized spacial score (nSPS) is 16.6. The third-order valence-corrected chi connectivity index (χ3v) is 6.73. The minimum Gasteiger partial charge on any atom is -0.360 e. The van der Waals surface area contributed by atoms with E-state index in [1.165, 1.54) is 21.4 Å². The van der Waals surface area contributed by atoms with Gasteiger partial charge in [-0.15, -0.1) is 0 Å². The number of carbonyl (C=O) groups excluding carboxylic acids is 1. The molecule has 1 amide bonds. The third-order valence-electron chi connectivity index (χ3n) is 4.88. The zero-order valence-corrected chi connectivity index (χ0v) is 15.8. The molecule has 0 aliphatic carbocycles. The fraction of sp³-hybridized carbons (Fsp3) is 0.333. The van der Waals surface area contributed by atoms with Crippen molar-refractivity contribution < 1.29 is 13.2 Å². The van der Waals surface area contributed by atoms with Gasteiger partial charge in [-0.05, 0) is 12.5 Å². The summed E-state index contributed by atoms with van der Waals surface area (Å²) >= 11 is 0. The number of hydrogen-bond acceptors (Lipinski definition) is 4. The lowest BCUT2D eigenvalue weighted by atomic mass is 10.1. The van der Waals surface area contributed by atoms with E-state index in [9.17, 15) is 13.2 Å². The van der Waals surface area contributed by atoms with Gasteiger partial charge in [0.2, 0.25) is 10.0 Å². The molecule has 9 heteroatoms. The van der Waals surface area contributed by atoms with E-state index in [0.717, 1.165) is 10.9 Å². The van der Waals surface area contributed by atoms with Gasteiger partial charge in [0.1, 0.15) is 4.90 Å². The number of rotatable bonds is 3. The molecular weight excluding hydrogens is 366 g/mol. The van der Waals surface area contributed by atoms with Gasteiger partial charge in [0.25, 0.3) is 5.91 Å². The SMILES string of the molecule is Cn1cc(S(=O)(=O)N2CCCN(C(=O)c3c[nH]c4ccccc34)CC2)cn1. The summed E-state index contributed by atoms with van der Waals surface area (Å²) in [5.41, 5.74) is 1.53. The Morgan fingerprint density at radius 2 is 1.96 bits per heavy atom. The number of nitrogens with zero attached hydrogens (tertiary/aromatic N) is 4. The number of carbonyl (C=O) groups is 1. The van der Waals surface area contributed by atoms with E-state index < -0.39 is 10.0 Å². The Morgan fingerprint density at radius 1 is 1.15 bits per heavy atom. The number of aromatic nitrogens is 3. The second kappa shape index (κ2) is 6.82. The average Bonchev–Trinajstić information content (AvgIpc) is 3.20. The Hall–Kier alpha value is -2.65. The van der Waals surface area contributed by atoms with Gasteiger partial charge in [-0.2, -0.15) is 9.40 Å². The molecule has 2 aromatic heterocycles. The fourth-order valence-electron chi connectivity index (χ4n) is 3.44. The molecule has 8 nitrogen and oxygen atoms in total. The Kier molecular flexibility index (Phi) is 4.48. The van der Waals surface area contributed by atoms with E-state index in [0.29, 0.717) is 31.6 Å². The fourth-order valence-corrected chi connectivity index (χ4v) is 4.89. The zero-order valence-electron chi connectivity index (χ0n) is 15.0. The van der Waals surface area contributed by atoms with Crippen LogP contribution >= 0.6 is 0 Å². The molecule has 1 saturated heterocycles. The Bertz CT molecular complexity index is 1090. The van der Waals surface area contributed by atoms with Crippen LogP contribution in [0, 0.1) is 0 Å². The summed E-state index contributed by atoms with van der Waals surface area (Å²) < 4.78 is 28.5. The molecule has 4 rings (SSSR count). The standard InChI is InChI=1S/C18H21N5O3S/c1-21-13-14(11-20-21)27(25,26)23-8-4-7-22(9-10-23)18(24)16-12-19-17-6-3-2-5-15(16)17/h2-3,5-6,11-13,19H,4,7-10H2,1H3. The summed E-state index contributed by atoms with van der Waals surface area (Å²) in [5, 5.41) is 4.83. The van der Waals surface area contributed by atoms with Crippen LogP contribution in [0.1, 0.15) is 16.8 Å². The third kappa shape index (κ3) is 3.24. The van der Waals surface area contributed by atoms with Crippen molar-refractivity contribution in [2.75, 3.05) is 26.2 Å². The van der Waals surface area contributed by atoms with Gasteiger partial charge >= 0.3 is 0 Å². The molecule has 27 heavy (non-hydrogen) atoms. The van der Waals surface area contributed by atoms with Crippen molar-refractivity contribution in [3.8, 4) is 0 Å². The highest BCUT2D eigenvalue weighted by Crippen LogP contribution is 2.21. The molecule has 1 fully saturated rings. The van der Waals surface area contributed by atoms with Gasteiger partial charge in [0.05, 0.1) is 11.8 Å². The first-order valence-corrected chi connectivity index (χ1v) is 10.2. The lowest BCUT2D eigenvalue weighted by molar-refractivity contribution is 0.0766. The van der Waals surface area contributed by atoms with Crippen LogP contribution in [0.25, 0.3) is 10.9 Å². The highest BCUT2D eigenvalue weighted by Gasteiger charge is 2.30. The van der Waals surface area contributed by atoms with Crippen molar-refractivity contribution in [1.29, 1.82) is 0 Å². The highest BCUT2D eigenvalue weighted by atomic mass is 32.2. The molecule has 0 bridgehead atoms. The first kappa shape index (κ1) is 17.7. The summed E-state index contributed by atoms with van der Waals surface area (Å²) in [6, 6.07) is 7.66.